The number of ketones is 2. The van der Waals surface area contributed by atoms with Gasteiger partial charge in [0.2, 0.25) is 0 Å². The van der Waals surface area contributed by atoms with Gasteiger partial charge in [0.15, 0.2) is 11.6 Å². The Morgan fingerprint density at radius 3 is 2.04 bits per heavy atom. The smallest absolute Gasteiger partial charge is 0.194 e. The standard InChI is InChI=1S/C16H12O2.C8H19NO/c1-2-10-7-8-13-14(9-10)16(18)12-6-4-3-5-11(12)15(13)17;1-3-5-8(4-2)9-6-7-10/h3-9H,2H2,1H3;8-10H,3-7H2,1-2H3. The summed E-state index contributed by atoms with van der Waals surface area (Å²) in [5, 5.41) is 11.8. The highest BCUT2D eigenvalue weighted by Crippen LogP contribution is 2.27. The van der Waals surface area contributed by atoms with Crippen LogP contribution in [0, 0.1) is 0 Å². The van der Waals surface area contributed by atoms with Crippen LogP contribution in [0.4, 0.5) is 0 Å². The molecule has 1 aliphatic rings. The molecule has 0 bridgehead atoms. The molecule has 2 aromatic rings. The Kier molecular flexibility index (Phi) is 8.55. The molecule has 4 nitrogen and oxygen atoms in total. The highest BCUT2D eigenvalue weighted by atomic mass is 16.3. The molecule has 0 saturated carbocycles. The number of carbonyl (C=O) groups excluding carboxylic acids is 2. The van der Waals surface area contributed by atoms with E-state index in [-0.39, 0.29) is 18.2 Å². The van der Waals surface area contributed by atoms with E-state index in [4.69, 9.17) is 5.11 Å². The molecule has 0 aliphatic heterocycles. The zero-order chi connectivity index (χ0) is 20.5. The second-order valence-electron chi connectivity index (χ2n) is 7.01. The third-order valence-electron chi connectivity index (χ3n) is 5.07. The first-order valence-electron chi connectivity index (χ1n) is 10.2. The van der Waals surface area contributed by atoms with Crippen molar-refractivity contribution >= 4 is 11.6 Å². The molecule has 2 N–H and O–H groups in total. The summed E-state index contributed by atoms with van der Waals surface area (Å²) in [5.41, 5.74) is 3.17. The fourth-order valence-electron chi connectivity index (χ4n) is 3.43. The number of fused-ring (bicyclic) bond motifs is 2. The predicted molar refractivity (Wildman–Crippen MR) is 113 cm³/mol. The minimum absolute atomic E-state index is 0.0458. The van der Waals surface area contributed by atoms with Gasteiger partial charge in [-0.2, -0.15) is 0 Å². The molecule has 0 aromatic heterocycles. The fourth-order valence-corrected chi connectivity index (χ4v) is 3.43. The maximum absolute atomic E-state index is 12.4. The average molecular weight is 382 g/mol. The van der Waals surface area contributed by atoms with Crippen LogP contribution < -0.4 is 5.32 Å². The van der Waals surface area contributed by atoms with Gasteiger partial charge in [-0.3, -0.25) is 9.59 Å². The van der Waals surface area contributed by atoms with Crippen molar-refractivity contribution in [2.75, 3.05) is 13.2 Å². The van der Waals surface area contributed by atoms with E-state index in [0.717, 1.165) is 24.9 Å². The average Bonchev–Trinajstić information content (AvgIpc) is 2.75. The number of benzene rings is 2. The first kappa shape index (κ1) is 22.0. The quantitative estimate of drug-likeness (QED) is 0.645. The van der Waals surface area contributed by atoms with Crippen LogP contribution in [0.25, 0.3) is 0 Å². The Hall–Kier alpha value is -2.30. The van der Waals surface area contributed by atoms with E-state index in [2.05, 4.69) is 19.2 Å². The lowest BCUT2D eigenvalue weighted by atomic mass is 9.83. The van der Waals surface area contributed by atoms with Gasteiger partial charge < -0.3 is 10.4 Å². The van der Waals surface area contributed by atoms with E-state index in [9.17, 15) is 9.59 Å². The molecule has 2 aromatic carbocycles. The Bertz CT molecular complexity index is 813. The van der Waals surface area contributed by atoms with Crippen LogP contribution >= 0.6 is 0 Å². The summed E-state index contributed by atoms with van der Waals surface area (Å²) in [6, 6.07) is 13.1. The molecule has 150 valence electrons. The number of aliphatic hydroxyl groups excluding tert-OH is 1. The van der Waals surface area contributed by atoms with Crippen molar-refractivity contribution in [3.63, 3.8) is 0 Å². The van der Waals surface area contributed by atoms with E-state index < -0.39 is 0 Å². The Labute approximate surface area is 168 Å². The van der Waals surface area contributed by atoms with Crippen molar-refractivity contribution in [3.05, 3.63) is 70.3 Å². The third kappa shape index (κ3) is 5.15. The molecule has 0 amide bonds. The van der Waals surface area contributed by atoms with Crippen molar-refractivity contribution in [1.82, 2.24) is 5.32 Å². The number of aliphatic hydroxyl groups is 1. The zero-order valence-corrected chi connectivity index (χ0v) is 17.1. The first-order chi connectivity index (χ1) is 13.6. The van der Waals surface area contributed by atoms with Crippen LogP contribution in [0.15, 0.2) is 42.5 Å². The van der Waals surface area contributed by atoms with Gasteiger partial charge in [0.1, 0.15) is 0 Å². The number of aryl methyl sites for hydroxylation is 1. The van der Waals surface area contributed by atoms with E-state index >= 15 is 0 Å². The lowest BCUT2D eigenvalue weighted by Gasteiger charge is -2.17. The Morgan fingerprint density at radius 2 is 1.50 bits per heavy atom. The maximum Gasteiger partial charge on any atom is 0.194 e. The van der Waals surface area contributed by atoms with Crippen molar-refractivity contribution in [2.45, 2.75) is 52.5 Å². The largest absolute Gasteiger partial charge is 0.395 e. The predicted octanol–water partition coefficient (Wildman–Crippen LogP) is 4.17. The summed E-state index contributed by atoms with van der Waals surface area (Å²) in [5.74, 6) is -0.0987. The number of rotatable bonds is 7. The molecule has 0 radical (unpaired) electrons. The number of hydrogen-bond acceptors (Lipinski definition) is 4. The zero-order valence-electron chi connectivity index (χ0n) is 17.1. The monoisotopic (exact) mass is 381 g/mol. The van der Waals surface area contributed by atoms with E-state index in [0.29, 0.717) is 28.3 Å². The summed E-state index contributed by atoms with van der Waals surface area (Å²) < 4.78 is 0. The summed E-state index contributed by atoms with van der Waals surface area (Å²) in [7, 11) is 0. The lowest BCUT2D eigenvalue weighted by Crippen LogP contribution is -2.30. The molecule has 0 fully saturated rings. The van der Waals surface area contributed by atoms with Gasteiger partial charge in [0.25, 0.3) is 0 Å². The lowest BCUT2D eigenvalue weighted by molar-refractivity contribution is 0.0979. The van der Waals surface area contributed by atoms with Gasteiger partial charge in [0, 0.05) is 34.8 Å². The van der Waals surface area contributed by atoms with Crippen molar-refractivity contribution in [2.24, 2.45) is 0 Å². The van der Waals surface area contributed by atoms with Crippen LogP contribution in [0.5, 0.6) is 0 Å². The van der Waals surface area contributed by atoms with Gasteiger partial charge in [-0.25, -0.2) is 0 Å². The Morgan fingerprint density at radius 1 is 0.893 bits per heavy atom. The molecule has 0 saturated heterocycles. The topological polar surface area (TPSA) is 66.4 Å². The molecule has 1 atom stereocenters. The number of carbonyl (C=O) groups is 2. The number of hydrogen-bond donors (Lipinski definition) is 2. The Balaban J connectivity index is 0.000000242. The molecule has 3 rings (SSSR count). The minimum Gasteiger partial charge on any atom is -0.395 e. The SMILES string of the molecule is CCCC(CC)NCCO.CCc1ccc2c(c1)C(=O)c1ccccc1C2=O. The van der Waals surface area contributed by atoms with Gasteiger partial charge in [0.05, 0.1) is 6.61 Å². The highest BCUT2D eigenvalue weighted by Gasteiger charge is 2.28. The molecule has 1 aliphatic carbocycles. The summed E-state index contributed by atoms with van der Waals surface area (Å²) >= 11 is 0. The highest BCUT2D eigenvalue weighted by molar-refractivity contribution is 6.28. The molecule has 4 heteroatoms. The van der Waals surface area contributed by atoms with Crippen molar-refractivity contribution in [1.29, 1.82) is 0 Å². The van der Waals surface area contributed by atoms with Crippen LogP contribution in [-0.4, -0.2) is 35.9 Å². The maximum atomic E-state index is 12.4. The van der Waals surface area contributed by atoms with Gasteiger partial charge >= 0.3 is 0 Å². The van der Waals surface area contributed by atoms with E-state index in [1.165, 1.54) is 12.8 Å². The normalized spacial score (nSPS) is 13.3. The van der Waals surface area contributed by atoms with Gasteiger partial charge in [-0.05, 0) is 30.9 Å². The van der Waals surface area contributed by atoms with Crippen molar-refractivity contribution in [3.8, 4) is 0 Å². The second-order valence-corrected chi connectivity index (χ2v) is 7.01. The molecule has 1 unspecified atom stereocenters. The van der Waals surface area contributed by atoms with Crippen LogP contribution in [0.3, 0.4) is 0 Å². The second kappa shape index (κ2) is 10.9. The van der Waals surface area contributed by atoms with Gasteiger partial charge in [-0.15, -0.1) is 0 Å². The van der Waals surface area contributed by atoms with Crippen LogP contribution in [0.2, 0.25) is 0 Å². The van der Waals surface area contributed by atoms with Crippen LogP contribution in [-0.2, 0) is 6.42 Å². The summed E-state index contributed by atoms with van der Waals surface area (Å²) in [6.45, 7) is 7.37. The third-order valence-corrected chi connectivity index (χ3v) is 5.07. The van der Waals surface area contributed by atoms with Gasteiger partial charge in [-0.1, -0.05) is 63.6 Å². The first-order valence-corrected chi connectivity index (χ1v) is 10.2. The molecular weight excluding hydrogens is 350 g/mol. The minimum atomic E-state index is -0.0529. The van der Waals surface area contributed by atoms with Crippen molar-refractivity contribution < 1.29 is 14.7 Å². The van der Waals surface area contributed by atoms with E-state index in [1.54, 1.807) is 30.3 Å². The number of nitrogens with one attached hydrogen (secondary N) is 1. The van der Waals surface area contributed by atoms with E-state index in [1.807, 2.05) is 19.1 Å². The molecule has 0 heterocycles. The molecule has 28 heavy (non-hydrogen) atoms. The summed E-state index contributed by atoms with van der Waals surface area (Å²) in [4.78, 5) is 24.7. The molecule has 0 spiro atoms. The van der Waals surface area contributed by atoms with Crippen LogP contribution in [0.1, 0.15) is 77.4 Å². The fraction of sp³-hybridized carbons (Fsp3) is 0.417. The summed E-state index contributed by atoms with van der Waals surface area (Å²) in [6.07, 6.45) is 4.46. The molecular formula is C24H31NO3.